The molecule has 1 aromatic carbocycles. The normalized spacial score (nSPS) is 11.0. The molecule has 20 heavy (non-hydrogen) atoms. The molecule has 1 heterocycles. The molecule has 2 aromatic rings. The average molecular weight is 337 g/mol. The van der Waals surface area contributed by atoms with Crippen molar-refractivity contribution in [3.05, 3.63) is 45.4 Å². The molecule has 4 nitrogen and oxygen atoms in total. The number of aromatic nitrogens is 3. The van der Waals surface area contributed by atoms with Crippen LogP contribution in [-0.2, 0) is 25.9 Å². The van der Waals surface area contributed by atoms with Gasteiger partial charge < -0.3 is 5.32 Å². The predicted molar refractivity (Wildman–Crippen MR) is 84.8 cm³/mol. The van der Waals surface area contributed by atoms with Crippen LogP contribution in [0.2, 0.25) is 0 Å². The van der Waals surface area contributed by atoms with Crippen LogP contribution >= 0.6 is 15.9 Å². The summed E-state index contributed by atoms with van der Waals surface area (Å²) < 4.78 is 3.14. The van der Waals surface area contributed by atoms with E-state index >= 15 is 0 Å². The third kappa shape index (κ3) is 3.46. The highest BCUT2D eigenvalue weighted by molar-refractivity contribution is 9.10. The Kier molecular flexibility index (Phi) is 5.31. The highest BCUT2D eigenvalue weighted by Gasteiger charge is 2.09. The maximum absolute atomic E-state index is 4.57. The molecule has 0 aliphatic carbocycles. The van der Waals surface area contributed by atoms with Gasteiger partial charge in [0.15, 0.2) is 5.82 Å². The van der Waals surface area contributed by atoms with Gasteiger partial charge in [0.1, 0.15) is 5.82 Å². The van der Waals surface area contributed by atoms with E-state index in [1.165, 1.54) is 11.1 Å². The molecule has 1 N–H and O–H groups in total. The first-order valence-corrected chi connectivity index (χ1v) is 7.81. The Hall–Kier alpha value is -1.20. The molecular weight excluding hydrogens is 316 g/mol. The van der Waals surface area contributed by atoms with Crippen LogP contribution in [0.5, 0.6) is 0 Å². The molecule has 0 bridgehead atoms. The van der Waals surface area contributed by atoms with Gasteiger partial charge in [-0.25, -0.2) is 9.67 Å². The molecule has 1 aromatic heterocycles. The van der Waals surface area contributed by atoms with Crippen molar-refractivity contribution < 1.29 is 0 Å². The van der Waals surface area contributed by atoms with Crippen molar-refractivity contribution in [2.45, 2.75) is 39.8 Å². The minimum Gasteiger partial charge on any atom is -0.316 e. The van der Waals surface area contributed by atoms with E-state index in [1.54, 1.807) is 0 Å². The Labute approximate surface area is 128 Å². The van der Waals surface area contributed by atoms with E-state index in [0.717, 1.165) is 42.1 Å². The maximum atomic E-state index is 4.57. The standard InChI is InChI=1S/C15H21BrN4/c1-4-14-18-15(5-2)20(19-14)10-12-7-6-11(9-17-3)8-13(12)16/h6-8,17H,4-5,9-10H2,1-3H3. The predicted octanol–water partition coefficient (Wildman–Crippen LogP) is 2.93. The molecule has 0 unspecified atom stereocenters. The van der Waals surface area contributed by atoms with Gasteiger partial charge in [0, 0.05) is 23.9 Å². The quantitative estimate of drug-likeness (QED) is 0.881. The lowest BCUT2D eigenvalue weighted by atomic mass is 10.1. The lowest BCUT2D eigenvalue weighted by Crippen LogP contribution is -2.08. The summed E-state index contributed by atoms with van der Waals surface area (Å²) in [6.07, 6.45) is 1.78. The summed E-state index contributed by atoms with van der Waals surface area (Å²) in [5, 5.41) is 7.73. The highest BCUT2D eigenvalue weighted by atomic mass is 79.9. The van der Waals surface area contributed by atoms with Crippen LogP contribution < -0.4 is 5.32 Å². The maximum Gasteiger partial charge on any atom is 0.150 e. The molecule has 0 radical (unpaired) electrons. The Morgan fingerprint density at radius 1 is 1.25 bits per heavy atom. The van der Waals surface area contributed by atoms with Crippen LogP contribution in [0.1, 0.15) is 36.6 Å². The zero-order valence-corrected chi connectivity index (χ0v) is 13.9. The summed E-state index contributed by atoms with van der Waals surface area (Å²) in [6.45, 7) is 5.84. The van der Waals surface area contributed by atoms with Crippen LogP contribution in [-0.4, -0.2) is 21.8 Å². The molecule has 0 aliphatic heterocycles. The molecule has 2 rings (SSSR count). The van der Waals surface area contributed by atoms with Crippen LogP contribution in [0.25, 0.3) is 0 Å². The van der Waals surface area contributed by atoms with E-state index in [2.05, 4.69) is 63.4 Å². The summed E-state index contributed by atoms with van der Waals surface area (Å²) in [6, 6.07) is 6.47. The first kappa shape index (κ1) is 15.2. The smallest absolute Gasteiger partial charge is 0.150 e. The molecule has 0 saturated carbocycles. The van der Waals surface area contributed by atoms with E-state index < -0.39 is 0 Å². The Balaban J connectivity index is 2.23. The number of rotatable bonds is 6. The number of benzene rings is 1. The largest absolute Gasteiger partial charge is 0.316 e. The minimum absolute atomic E-state index is 0.761. The molecule has 0 spiro atoms. The Bertz CT molecular complexity index is 577. The number of halogens is 1. The number of nitrogens with zero attached hydrogens (tertiary/aromatic N) is 3. The van der Waals surface area contributed by atoms with Gasteiger partial charge in [-0.1, -0.05) is 41.9 Å². The molecule has 5 heteroatoms. The molecule has 0 amide bonds. The third-order valence-electron chi connectivity index (χ3n) is 3.24. The van der Waals surface area contributed by atoms with Crippen molar-refractivity contribution in [2.24, 2.45) is 0 Å². The first-order chi connectivity index (χ1) is 9.67. The Morgan fingerprint density at radius 2 is 2.05 bits per heavy atom. The van der Waals surface area contributed by atoms with Gasteiger partial charge in [0.2, 0.25) is 0 Å². The van der Waals surface area contributed by atoms with Gasteiger partial charge in [-0.3, -0.25) is 0 Å². The monoisotopic (exact) mass is 336 g/mol. The number of hydrogen-bond acceptors (Lipinski definition) is 3. The van der Waals surface area contributed by atoms with Crippen molar-refractivity contribution in [3.63, 3.8) is 0 Å². The second-order valence-electron chi connectivity index (χ2n) is 4.77. The lowest BCUT2D eigenvalue weighted by molar-refractivity contribution is 0.635. The number of aryl methyl sites for hydroxylation is 2. The van der Waals surface area contributed by atoms with Gasteiger partial charge in [-0.15, -0.1) is 0 Å². The average Bonchev–Trinajstić information content (AvgIpc) is 2.84. The molecule has 0 atom stereocenters. The van der Waals surface area contributed by atoms with Crippen LogP contribution in [0.15, 0.2) is 22.7 Å². The molecule has 0 aliphatic rings. The van der Waals surface area contributed by atoms with Gasteiger partial charge in [-0.2, -0.15) is 5.10 Å². The summed E-state index contributed by atoms with van der Waals surface area (Å²) in [5.74, 6) is 1.97. The number of nitrogens with one attached hydrogen (secondary N) is 1. The lowest BCUT2D eigenvalue weighted by Gasteiger charge is -2.09. The van der Waals surface area contributed by atoms with E-state index in [1.807, 2.05) is 11.7 Å². The second-order valence-corrected chi connectivity index (χ2v) is 5.62. The zero-order valence-electron chi connectivity index (χ0n) is 12.3. The topological polar surface area (TPSA) is 42.7 Å². The van der Waals surface area contributed by atoms with Crippen molar-refractivity contribution in [2.75, 3.05) is 7.05 Å². The first-order valence-electron chi connectivity index (χ1n) is 7.02. The van der Waals surface area contributed by atoms with Gasteiger partial charge in [0.05, 0.1) is 6.54 Å². The fourth-order valence-electron chi connectivity index (χ4n) is 2.16. The van der Waals surface area contributed by atoms with Gasteiger partial charge >= 0.3 is 0 Å². The fraction of sp³-hybridized carbons (Fsp3) is 0.467. The second kappa shape index (κ2) is 6.99. The molecule has 0 fully saturated rings. The summed E-state index contributed by atoms with van der Waals surface area (Å²) in [7, 11) is 1.96. The summed E-state index contributed by atoms with van der Waals surface area (Å²) in [5.41, 5.74) is 2.50. The van der Waals surface area contributed by atoms with Crippen molar-refractivity contribution in [1.82, 2.24) is 20.1 Å². The molecule has 108 valence electrons. The van der Waals surface area contributed by atoms with Crippen molar-refractivity contribution in [1.29, 1.82) is 0 Å². The summed E-state index contributed by atoms with van der Waals surface area (Å²) in [4.78, 5) is 4.55. The highest BCUT2D eigenvalue weighted by Crippen LogP contribution is 2.20. The minimum atomic E-state index is 0.761. The van der Waals surface area contributed by atoms with Crippen LogP contribution in [0, 0.1) is 0 Å². The Morgan fingerprint density at radius 3 is 2.65 bits per heavy atom. The van der Waals surface area contributed by atoms with Crippen LogP contribution in [0.3, 0.4) is 0 Å². The van der Waals surface area contributed by atoms with Gasteiger partial charge in [0.25, 0.3) is 0 Å². The van der Waals surface area contributed by atoms with Crippen molar-refractivity contribution in [3.8, 4) is 0 Å². The van der Waals surface area contributed by atoms with E-state index in [0.29, 0.717) is 0 Å². The van der Waals surface area contributed by atoms with E-state index in [4.69, 9.17) is 0 Å². The third-order valence-corrected chi connectivity index (χ3v) is 3.98. The van der Waals surface area contributed by atoms with E-state index in [-0.39, 0.29) is 0 Å². The fourth-order valence-corrected chi connectivity index (χ4v) is 2.71. The molecular formula is C15H21BrN4. The molecule has 0 saturated heterocycles. The van der Waals surface area contributed by atoms with E-state index in [9.17, 15) is 0 Å². The van der Waals surface area contributed by atoms with Crippen LogP contribution in [0.4, 0.5) is 0 Å². The zero-order chi connectivity index (χ0) is 14.5. The number of hydrogen-bond donors (Lipinski definition) is 1. The van der Waals surface area contributed by atoms with Gasteiger partial charge in [-0.05, 0) is 24.2 Å². The van der Waals surface area contributed by atoms with Crippen molar-refractivity contribution >= 4 is 15.9 Å². The summed E-state index contributed by atoms with van der Waals surface area (Å²) >= 11 is 3.66. The SMILES string of the molecule is CCc1nc(CC)n(Cc2ccc(CNC)cc2Br)n1.